The number of benzene rings is 1. The van der Waals surface area contributed by atoms with Crippen LogP contribution < -0.4 is 5.46 Å². The van der Waals surface area contributed by atoms with Crippen molar-refractivity contribution in [2.75, 3.05) is 26.2 Å². The Labute approximate surface area is 293 Å². The van der Waals surface area contributed by atoms with E-state index in [1.54, 1.807) is 20.8 Å². The number of carbonyl (C=O) groups is 2. The van der Waals surface area contributed by atoms with Gasteiger partial charge in [0.15, 0.2) is 6.23 Å². The van der Waals surface area contributed by atoms with Gasteiger partial charge in [-0.15, -0.1) is 0 Å². The summed E-state index contributed by atoms with van der Waals surface area (Å²) in [6, 6.07) is 1.17. The van der Waals surface area contributed by atoms with E-state index in [4.69, 9.17) is 35.5 Å². The summed E-state index contributed by atoms with van der Waals surface area (Å²) in [7, 11) is -0.684. The molecule has 4 aliphatic rings. The first-order valence-corrected chi connectivity index (χ1v) is 18.1. The number of unbranched alkanes of at least 4 members (excludes halogenated alkanes) is 1. The zero-order valence-corrected chi connectivity index (χ0v) is 30.6. The lowest BCUT2D eigenvalue weighted by Gasteiger charge is -2.38. The molecule has 1 aromatic carbocycles. The van der Waals surface area contributed by atoms with Gasteiger partial charge in [0, 0.05) is 42.4 Å². The van der Waals surface area contributed by atoms with Crippen molar-refractivity contribution in [3.8, 4) is 0 Å². The standard InChI is InChI=1S/C35H50BClF2N4O6/c1-32(2,3)47-31(45)41-16-15-24-27(20-41)42(21-35(24,38)39)28(44)13-9-8-12-22-25(37)18-26-23(19-40-43(26)29-14-10-11-17-46-29)30(22)36-48-33(4,5)34(6,7)49-36/h18-19,24,27,29H,8-17,20-21H2,1-7H3. The topological polar surface area (TPSA) is 95.4 Å². The van der Waals surface area contributed by atoms with Crippen molar-refractivity contribution in [3.63, 3.8) is 0 Å². The van der Waals surface area contributed by atoms with Crippen molar-refractivity contribution >= 4 is 47.1 Å². The molecule has 0 N–H and O–H groups in total. The van der Waals surface area contributed by atoms with Gasteiger partial charge in [0.1, 0.15) is 5.60 Å². The van der Waals surface area contributed by atoms with Gasteiger partial charge in [0.05, 0.1) is 35.5 Å². The first kappa shape index (κ1) is 36.3. The third-order valence-electron chi connectivity index (χ3n) is 10.9. The highest BCUT2D eigenvalue weighted by atomic mass is 35.5. The third-order valence-corrected chi connectivity index (χ3v) is 11.2. The fourth-order valence-electron chi connectivity index (χ4n) is 7.54. The summed E-state index contributed by atoms with van der Waals surface area (Å²) in [4.78, 5) is 29.0. The van der Waals surface area contributed by atoms with Crippen molar-refractivity contribution in [2.45, 2.75) is 135 Å². The van der Waals surface area contributed by atoms with E-state index < -0.39 is 54.4 Å². The molecule has 3 unspecified atom stereocenters. The van der Waals surface area contributed by atoms with E-state index in [0.29, 0.717) is 30.9 Å². The maximum Gasteiger partial charge on any atom is 0.495 e. The Morgan fingerprint density at radius 1 is 1.10 bits per heavy atom. The molecular weight excluding hydrogens is 657 g/mol. The highest BCUT2D eigenvalue weighted by Gasteiger charge is 2.58. The van der Waals surface area contributed by atoms with E-state index in [1.807, 2.05) is 44.6 Å². The molecule has 10 nitrogen and oxygen atoms in total. The van der Waals surface area contributed by atoms with Crippen LogP contribution in [0.1, 0.15) is 105 Å². The summed E-state index contributed by atoms with van der Waals surface area (Å²) < 4.78 is 56.7. The zero-order valence-electron chi connectivity index (χ0n) is 29.8. The van der Waals surface area contributed by atoms with Gasteiger partial charge in [-0.2, -0.15) is 5.10 Å². The second-order valence-electron chi connectivity index (χ2n) is 16.1. The molecule has 0 aliphatic carbocycles. The minimum atomic E-state index is -3.01. The van der Waals surface area contributed by atoms with E-state index in [1.165, 1.54) is 9.80 Å². The van der Waals surface area contributed by atoms with Crippen molar-refractivity contribution < 1.29 is 37.2 Å². The third kappa shape index (κ3) is 7.19. The number of piperidine rings is 1. The first-order chi connectivity index (χ1) is 22.9. The number of halogens is 3. The number of fused-ring (bicyclic) bond motifs is 2. The van der Waals surface area contributed by atoms with Gasteiger partial charge < -0.3 is 28.6 Å². The number of likely N-dealkylation sites (tertiary alicyclic amines) is 2. The van der Waals surface area contributed by atoms with Crippen LogP contribution in [0.5, 0.6) is 0 Å². The maximum absolute atomic E-state index is 15.1. The molecule has 2 amide bonds. The van der Waals surface area contributed by atoms with E-state index in [0.717, 1.165) is 41.2 Å². The van der Waals surface area contributed by atoms with E-state index in [2.05, 4.69) is 0 Å². The van der Waals surface area contributed by atoms with Crippen LogP contribution in [0, 0.1) is 5.92 Å². The Kier molecular flexibility index (Phi) is 9.82. The number of alkyl halides is 2. The molecule has 0 saturated carbocycles. The fraction of sp³-hybridized carbons (Fsp3) is 0.743. The van der Waals surface area contributed by atoms with Crippen molar-refractivity contribution in [3.05, 3.63) is 22.8 Å². The number of ether oxygens (including phenoxy) is 2. The minimum Gasteiger partial charge on any atom is -0.444 e. The van der Waals surface area contributed by atoms with E-state index in [9.17, 15) is 9.59 Å². The monoisotopic (exact) mass is 706 g/mol. The smallest absolute Gasteiger partial charge is 0.444 e. The van der Waals surface area contributed by atoms with Gasteiger partial charge >= 0.3 is 13.2 Å². The SMILES string of the molecule is CC(C)(C)OC(=O)N1CCC2C(C1)N(C(=O)CCCCc1c(Cl)cc3c(cnn3C3CCCCO3)c1B1OC(C)(C)C(C)(C)O1)CC2(F)F. The Bertz CT molecular complexity index is 1560. The number of hydrogen-bond donors (Lipinski definition) is 0. The lowest BCUT2D eigenvalue weighted by atomic mass is 9.73. The Balaban J connectivity index is 1.18. The largest absolute Gasteiger partial charge is 0.495 e. The predicted molar refractivity (Wildman–Crippen MR) is 183 cm³/mol. The predicted octanol–water partition coefficient (Wildman–Crippen LogP) is 6.50. The molecule has 2 aromatic rings. The van der Waals surface area contributed by atoms with Crippen LogP contribution in [0.4, 0.5) is 13.6 Å². The Hall–Kier alpha value is -2.48. The maximum atomic E-state index is 15.1. The normalized spacial score (nSPS) is 26.3. The number of aromatic nitrogens is 2. The number of amides is 2. The van der Waals surface area contributed by atoms with E-state index in [-0.39, 0.29) is 38.1 Å². The van der Waals surface area contributed by atoms with Crippen molar-refractivity contribution in [1.82, 2.24) is 19.6 Å². The molecule has 5 heterocycles. The van der Waals surface area contributed by atoms with Gasteiger partial charge in [0.2, 0.25) is 5.91 Å². The molecule has 0 spiro atoms. The van der Waals surface area contributed by atoms with E-state index >= 15 is 8.78 Å². The summed E-state index contributed by atoms with van der Waals surface area (Å²) >= 11 is 7.03. The molecule has 6 rings (SSSR count). The Morgan fingerprint density at radius 3 is 2.47 bits per heavy atom. The molecule has 49 heavy (non-hydrogen) atoms. The zero-order chi connectivity index (χ0) is 35.5. The average Bonchev–Trinajstić information content (AvgIpc) is 3.62. The molecule has 14 heteroatoms. The summed E-state index contributed by atoms with van der Waals surface area (Å²) in [6.07, 6.45) is 5.85. The number of hydrogen-bond acceptors (Lipinski definition) is 7. The van der Waals surface area contributed by atoms with Crippen LogP contribution in [-0.4, -0.2) is 93.7 Å². The van der Waals surface area contributed by atoms with Gasteiger partial charge in [-0.1, -0.05) is 11.6 Å². The summed E-state index contributed by atoms with van der Waals surface area (Å²) in [5.74, 6) is -4.32. The van der Waals surface area contributed by atoms with Crippen LogP contribution in [-0.2, 0) is 30.0 Å². The molecule has 1 aromatic heterocycles. The summed E-state index contributed by atoms with van der Waals surface area (Å²) in [5, 5.41) is 6.15. The van der Waals surface area contributed by atoms with Crippen molar-refractivity contribution in [1.29, 1.82) is 0 Å². The second kappa shape index (κ2) is 13.3. The van der Waals surface area contributed by atoms with Crippen LogP contribution in [0.25, 0.3) is 10.9 Å². The van der Waals surface area contributed by atoms with Crippen LogP contribution in [0.2, 0.25) is 5.02 Å². The molecule has 4 aliphatic heterocycles. The van der Waals surface area contributed by atoms with Crippen LogP contribution in [0.3, 0.4) is 0 Å². The highest BCUT2D eigenvalue weighted by Crippen LogP contribution is 2.43. The number of rotatable bonds is 7. The molecule has 0 radical (unpaired) electrons. The summed E-state index contributed by atoms with van der Waals surface area (Å²) in [6.45, 7) is 13.6. The molecule has 270 valence electrons. The minimum absolute atomic E-state index is 0.0353. The Morgan fingerprint density at radius 2 is 1.82 bits per heavy atom. The number of nitrogens with zero attached hydrogens (tertiary/aromatic N) is 4. The van der Waals surface area contributed by atoms with Crippen LogP contribution in [0.15, 0.2) is 12.3 Å². The number of carbonyl (C=O) groups excluding carboxylic acids is 2. The fourth-order valence-corrected chi connectivity index (χ4v) is 7.84. The van der Waals surface area contributed by atoms with Gasteiger partial charge in [-0.3, -0.25) is 4.79 Å². The van der Waals surface area contributed by atoms with Crippen molar-refractivity contribution in [2.24, 2.45) is 5.92 Å². The van der Waals surface area contributed by atoms with Gasteiger partial charge in [-0.25, -0.2) is 18.3 Å². The lowest BCUT2D eigenvalue weighted by molar-refractivity contribution is -0.133. The summed E-state index contributed by atoms with van der Waals surface area (Å²) in [5.41, 5.74) is 0.665. The van der Waals surface area contributed by atoms with Gasteiger partial charge in [0.25, 0.3) is 5.92 Å². The van der Waals surface area contributed by atoms with Crippen LogP contribution >= 0.6 is 11.6 Å². The molecule has 3 atom stereocenters. The molecular formula is C35H50BClF2N4O6. The van der Waals surface area contributed by atoms with Gasteiger partial charge in [-0.05, 0) is 111 Å². The first-order valence-electron chi connectivity index (χ1n) is 17.7. The molecule has 4 fully saturated rings. The molecule has 0 bridgehead atoms. The lowest BCUT2D eigenvalue weighted by Crippen LogP contribution is -2.53. The molecule has 4 saturated heterocycles. The quantitative estimate of drug-likeness (QED) is 0.240. The second-order valence-corrected chi connectivity index (χ2v) is 16.5. The average molecular weight is 707 g/mol. The highest BCUT2D eigenvalue weighted by molar-refractivity contribution is 6.66.